The van der Waals surface area contributed by atoms with Gasteiger partial charge in [0.05, 0.1) is 34.2 Å². The van der Waals surface area contributed by atoms with Gasteiger partial charge in [0.25, 0.3) is 5.91 Å². The van der Waals surface area contributed by atoms with Gasteiger partial charge in [0.15, 0.2) is 5.69 Å². The van der Waals surface area contributed by atoms with Crippen LogP contribution < -0.4 is 5.32 Å². The van der Waals surface area contributed by atoms with E-state index in [0.29, 0.717) is 28.0 Å². The summed E-state index contributed by atoms with van der Waals surface area (Å²) in [5.41, 5.74) is 4.24. The molecule has 0 unspecified atom stereocenters. The molecule has 1 aromatic carbocycles. The van der Waals surface area contributed by atoms with Crippen LogP contribution in [0.4, 0.5) is 5.69 Å². The van der Waals surface area contributed by atoms with Gasteiger partial charge >= 0.3 is 0 Å². The molecule has 9 heteroatoms. The van der Waals surface area contributed by atoms with Gasteiger partial charge in [0.2, 0.25) is 0 Å². The Morgan fingerprint density at radius 2 is 2.07 bits per heavy atom. The quantitative estimate of drug-likeness (QED) is 0.422. The van der Waals surface area contributed by atoms with Crippen LogP contribution in [0.1, 0.15) is 27.4 Å². The molecule has 0 bridgehead atoms. The summed E-state index contributed by atoms with van der Waals surface area (Å²) < 4.78 is 1.81. The molecular weight excluding hydrogens is 429 g/mol. The number of nitrogens with one attached hydrogen (secondary N) is 2. The van der Waals surface area contributed by atoms with Gasteiger partial charge in [-0.2, -0.15) is 10.2 Å². The van der Waals surface area contributed by atoms with E-state index in [2.05, 4.69) is 20.6 Å². The molecular formula is C20H17Cl2N5OS. The van der Waals surface area contributed by atoms with E-state index in [1.165, 1.54) is 0 Å². The van der Waals surface area contributed by atoms with Gasteiger partial charge in [-0.05, 0) is 49.1 Å². The first-order valence-corrected chi connectivity index (χ1v) is 10.4. The lowest BCUT2D eigenvalue weighted by atomic mass is 10.2. The van der Waals surface area contributed by atoms with Gasteiger partial charge in [-0.3, -0.25) is 14.6 Å². The molecule has 3 heterocycles. The monoisotopic (exact) mass is 445 g/mol. The molecule has 0 aliphatic heterocycles. The third-order valence-electron chi connectivity index (χ3n) is 4.55. The van der Waals surface area contributed by atoms with Crippen LogP contribution in [0.15, 0.2) is 41.8 Å². The number of hydrogen-bond donors (Lipinski definition) is 2. The zero-order chi connectivity index (χ0) is 20.5. The van der Waals surface area contributed by atoms with Crippen molar-refractivity contribution >= 4 is 46.1 Å². The van der Waals surface area contributed by atoms with E-state index in [-0.39, 0.29) is 5.91 Å². The summed E-state index contributed by atoms with van der Waals surface area (Å²) in [4.78, 5) is 13.7. The van der Waals surface area contributed by atoms with Gasteiger partial charge in [-0.25, -0.2) is 0 Å². The first kappa shape index (κ1) is 19.7. The third kappa shape index (κ3) is 4.07. The smallest absolute Gasteiger partial charge is 0.276 e. The minimum atomic E-state index is -0.292. The maximum atomic E-state index is 12.7. The zero-order valence-electron chi connectivity index (χ0n) is 15.7. The van der Waals surface area contributed by atoms with Crippen LogP contribution in [-0.4, -0.2) is 25.9 Å². The number of aryl methyl sites for hydroxylation is 1. The van der Waals surface area contributed by atoms with Crippen molar-refractivity contribution in [1.82, 2.24) is 20.0 Å². The van der Waals surface area contributed by atoms with Gasteiger partial charge in [-0.1, -0.05) is 35.3 Å². The molecule has 4 rings (SSSR count). The fraction of sp³-hybridized carbons (Fsp3) is 0.150. The van der Waals surface area contributed by atoms with Crippen molar-refractivity contribution in [1.29, 1.82) is 0 Å². The van der Waals surface area contributed by atoms with Crippen LogP contribution in [0.2, 0.25) is 10.0 Å². The van der Waals surface area contributed by atoms with E-state index in [4.69, 9.17) is 23.2 Å². The Morgan fingerprint density at radius 3 is 2.79 bits per heavy atom. The van der Waals surface area contributed by atoms with Crippen molar-refractivity contribution in [2.75, 3.05) is 5.32 Å². The van der Waals surface area contributed by atoms with E-state index < -0.39 is 0 Å². The summed E-state index contributed by atoms with van der Waals surface area (Å²) in [6, 6.07) is 11.0. The number of halogens is 2. The molecule has 0 spiro atoms. The molecule has 0 saturated carbocycles. The number of aromatic nitrogens is 4. The number of hydrogen-bond acceptors (Lipinski definition) is 4. The number of nitrogens with zero attached hydrogens (tertiary/aromatic N) is 3. The number of H-pyrrole nitrogens is 1. The predicted octanol–water partition coefficient (Wildman–Crippen LogP) is 5.56. The highest BCUT2D eigenvalue weighted by Gasteiger charge is 2.18. The zero-order valence-corrected chi connectivity index (χ0v) is 18.0. The van der Waals surface area contributed by atoms with Crippen molar-refractivity contribution in [2.45, 2.75) is 20.4 Å². The van der Waals surface area contributed by atoms with Crippen LogP contribution in [-0.2, 0) is 6.54 Å². The van der Waals surface area contributed by atoms with Crippen molar-refractivity contribution < 1.29 is 4.79 Å². The lowest BCUT2D eigenvalue weighted by Gasteiger charge is -2.08. The second-order valence-corrected chi connectivity index (χ2v) is 8.33. The molecule has 148 valence electrons. The fourth-order valence-corrected chi connectivity index (χ4v) is 4.18. The lowest BCUT2D eigenvalue weighted by Crippen LogP contribution is -2.14. The van der Waals surface area contributed by atoms with E-state index in [9.17, 15) is 4.79 Å². The molecule has 6 nitrogen and oxygen atoms in total. The number of thiophene rings is 1. The van der Waals surface area contributed by atoms with E-state index in [0.717, 1.165) is 27.5 Å². The Balaban J connectivity index is 1.54. The summed E-state index contributed by atoms with van der Waals surface area (Å²) >= 11 is 13.8. The van der Waals surface area contributed by atoms with Crippen molar-refractivity contribution in [3.63, 3.8) is 0 Å². The predicted molar refractivity (Wildman–Crippen MR) is 117 cm³/mol. The molecule has 1 amide bonds. The number of amides is 1. The fourth-order valence-electron chi connectivity index (χ4n) is 3.02. The summed E-state index contributed by atoms with van der Waals surface area (Å²) in [5, 5.41) is 17.7. The lowest BCUT2D eigenvalue weighted by molar-refractivity contribution is 0.102. The SMILES string of the molecule is Cc1nn(Cc2ccc(Cl)cc2Cl)c(C)c1NC(=O)c1cc(-c2cccs2)[nH]n1. The molecule has 0 aliphatic carbocycles. The number of carbonyl (C=O) groups is 1. The van der Waals surface area contributed by atoms with Gasteiger partial charge in [0, 0.05) is 10.0 Å². The summed E-state index contributed by atoms with van der Waals surface area (Å²) in [6.45, 7) is 4.23. The molecule has 0 saturated heterocycles. The molecule has 0 atom stereocenters. The number of anilines is 1. The molecule has 29 heavy (non-hydrogen) atoms. The second-order valence-electron chi connectivity index (χ2n) is 6.54. The minimum Gasteiger partial charge on any atom is -0.317 e. The maximum Gasteiger partial charge on any atom is 0.276 e. The first-order chi connectivity index (χ1) is 13.9. The molecule has 0 aliphatic rings. The van der Waals surface area contributed by atoms with Crippen LogP contribution in [0, 0.1) is 13.8 Å². The number of carbonyl (C=O) groups excluding carboxylic acids is 1. The summed E-state index contributed by atoms with van der Waals surface area (Å²) in [5.74, 6) is -0.292. The van der Waals surface area contributed by atoms with Crippen LogP contribution in [0.5, 0.6) is 0 Å². The van der Waals surface area contributed by atoms with Crippen LogP contribution in [0.25, 0.3) is 10.6 Å². The standard InChI is InChI=1S/C20H17Cl2N5OS/c1-11-19(12(2)27(26-11)10-13-5-6-14(21)8-15(13)22)23-20(28)17-9-16(24-25-17)18-4-3-7-29-18/h3-9H,10H2,1-2H3,(H,23,28)(H,24,25). The molecule has 0 radical (unpaired) electrons. The van der Waals surface area contributed by atoms with Gasteiger partial charge < -0.3 is 5.32 Å². The Bertz CT molecular complexity index is 1180. The Kier molecular flexibility index (Phi) is 5.45. The van der Waals surface area contributed by atoms with Gasteiger partial charge in [-0.15, -0.1) is 11.3 Å². The average molecular weight is 446 g/mol. The molecule has 0 fully saturated rings. The Morgan fingerprint density at radius 1 is 1.24 bits per heavy atom. The topological polar surface area (TPSA) is 75.6 Å². The normalized spacial score (nSPS) is 11.0. The Hall–Kier alpha value is -2.61. The first-order valence-electron chi connectivity index (χ1n) is 8.81. The number of aromatic amines is 1. The van der Waals surface area contributed by atoms with Crippen molar-refractivity contribution in [3.8, 4) is 10.6 Å². The maximum absolute atomic E-state index is 12.7. The second kappa shape index (κ2) is 8.02. The Labute approximate surface area is 181 Å². The minimum absolute atomic E-state index is 0.292. The van der Waals surface area contributed by atoms with Crippen molar-refractivity contribution in [2.24, 2.45) is 0 Å². The highest BCUT2D eigenvalue weighted by molar-refractivity contribution is 7.13. The van der Waals surface area contributed by atoms with E-state index in [1.807, 2.05) is 42.1 Å². The highest BCUT2D eigenvalue weighted by Crippen LogP contribution is 2.26. The van der Waals surface area contributed by atoms with Crippen LogP contribution >= 0.6 is 34.5 Å². The summed E-state index contributed by atoms with van der Waals surface area (Å²) in [6.07, 6.45) is 0. The highest BCUT2D eigenvalue weighted by atomic mass is 35.5. The molecule has 3 aromatic heterocycles. The van der Waals surface area contributed by atoms with Crippen LogP contribution in [0.3, 0.4) is 0 Å². The van der Waals surface area contributed by atoms with E-state index in [1.54, 1.807) is 29.5 Å². The summed E-state index contributed by atoms with van der Waals surface area (Å²) in [7, 11) is 0. The van der Waals surface area contributed by atoms with Gasteiger partial charge in [0.1, 0.15) is 0 Å². The van der Waals surface area contributed by atoms with Crippen molar-refractivity contribution in [3.05, 3.63) is 74.5 Å². The molecule has 4 aromatic rings. The number of benzene rings is 1. The molecule has 2 N–H and O–H groups in total. The third-order valence-corrected chi connectivity index (χ3v) is 6.04. The average Bonchev–Trinajstić information content (AvgIpc) is 3.41. The number of rotatable bonds is 5. The van der Waals surface area contributed by atoms with E-state index >= 15 is 0 Å². The largest absolute Gasteiger partial charge is 0.317 e.